The normalized spacial score (nSPS) is 12.8. The van der Waals surface area contributed by atoms with E-state index in [2.05, 4.69) is 71.8 Å². The second-order valence-electron chi connectivity index (χ2n) is 5.70. The molecule has 20 heavy (non-hydrogen) atoms. The van der Waals surface area contributed by atoms with Crippen molar-refractivity contribution in [2.75, 3.05) is 18.0 Å². The number of nitrogens with one attached hydrogen (secondary N) is 1. The highest BCUT2D eigenvalue weighted by Gasteiger charge is 2.16. The molecular formula is C16H28BrN3. The summed E-state index contributed by atoms with van der Waals surface area (Å²) in [5.74, 6) is 1.77. The summed E-state index contributed by atoms with van der Waals surface area (Å²) >= 11 is 3.53. The third kappa shape index (κ3) is 5.06. The summed E-state index contributed by atoms with van der Waals surface area (Å²) in [5, 5.41) is 3.52. The van der Waals surface area contributed by atoms with E-state index >= 15 is 0 Å². The summed E-state index contributed by atoms with van der Waals surface area (Å²) in [7, 11) is 0. The van der Waals surface area contributed by atoms with E-state index in [0.717, 1.165) is 36.3 Å². The van der Waals surface area contributed by atoms with Crippen LogP contribution in [0.15, 0.2) is 16.7 Å². The predicted octanol–water partition coefficient (Wildman–Crippen LogP) is 4.21. The molecule has 1 heterocycles. The Bertz CT molecular complexity index is 407. The van der Waals surface area contributed by atoms with Crippen LogP contribution in [0.2, 0.25) is 0 Å². The van der Waals surface area contributed by atoms with Crippen LogP contribution in [0.4, 0.5) is 5.82 Å². The standard InChI is InChI=1S/C16H28BrN3/c1-6-13(5)20(7-2)16-14(8-15(17)11-19-16)10-18-9-12(3)4/h8,11-13,18H,6-7,9-10H2,1-5H3. The van der Waals surface area contributed by atoms with E-state index in [9.17, 15) is 0 Å². The molecule has 1 atom stereocenters. The Hall–Kier alpha value is -0.610. The number of pyridine rings is 1. The predicted molar refractivity (Wildman–Crippen MR) is 91.3 cm³/mol. The lowest BCUT2D eigenvalue weighted by atomic mass is 10.1. The van der Waals surface area contributed by atoms with E-state index in [0.29, 0.717) is 12.0 Å². The molecule has 1 aromatic heterocycles. The van der Waals surface area contributed by atoms with E-state index < -0.39 is 0 Å². The Morgan fingerprint density at radius 1 is 1.30 bits per heavy atom. The van der Waals surface area contributed by atoms with Crippen molar-refractivity contribution in [3.8, 4) is 0 Å². The Kier molecular flexibility index (Phi) is 7.52. The van der Waals surface area contributed by atoms with Gasteiger partial charge in [0.25, 0.3) is 0 Å². The first kappa shape index (κ1) is 17.4. The number of nitrogens with zero attached hydrogens (tertiary/aromatic N) is 2. The van der Waals surface area contributed by atoms with Gasteiger partial charge in [-0.2, -0.15) is 0 Å². The largest absolute Gasteiger partial charge is 0.354 e. The first-order valence-corrected chi connectivity index (χ1v) is 8.40. The Morgan fingerprint density at radius 3 is 2.55 bits per heavy atom. The maximum absolute atomic E-state index is 4.66. The van der Waals surface area contributed by atoms with Crippen LogP contribution in [0, 0.1) is 5.92 Å². The van der Waals surface area contributed by atoms with Gasteiger partial charge in [0.15, 0.2) is 0 Å². The average molecular weight is 342 g/mol. The maximum Gasteiger partial charge on any atom is 0.133 e. The molecule has 0 aliphatic heterocycles. The topological polar surface area (TPSA) is 28.2 Å². The quantitative estimate of drug-likeness (QED) is 0.767. The van der Waals surface area contributed by atoms with Gasteiger partial charge in [0.1, 0.15) is 5.82 Å². The summed E-state index contributed by atoms with van der Waals surface area (Å²) in [6, 6.07) is 2.69. The highest BCUT2D eigenvalue weighted by atomic mass is 79.9. The van der Waals surface area contributed by atoms with E-state index in [1.54, 1.807) is 0 Å². The van der Waals surface area contributed by atoms with Gasteiger partial charge < -0.3 is 10.2 Å². The molecule has 1 aromatic rings. The van der Waals surface area contributed by atoms with Crippen LogP contribution in [0.5, 0.6) is 0 Å². The lowest BCUT2D eigenvalue weighted by Crippen LogP contribution is -2.34. The van der Waals surface area contributed by atoms with Gasteiger partial charge in [0.2, 0.25) is 0 Å². The number of aromatic nitrogens is 1. The minimum atomic E-state index is 0.512. The highest BCUT2D eigenvalue weighted by Crippen LogP contribution is 2.24. The molecule has 0 fully saturated rings. The molecule has 0 aromatic carbocycles. The fourth-order valence-electron chi connectivity index (χ4n) is 2.25. The second kappa shape index (κ2) is 8.63. The van der Waals surface area contributed by atoms with Crippen LogP contribution in [0.25, 0.3) is 0 Å². The summed E-state index contributed by atoms with van der Waals surface area (Å²) in [5.41, 5.74) is 1.27. The number of hydrogen-bond acceptors (Lipinski definition) is 3. The summed E-state index contributed by atoms with van der Waals surface area (Å²) in [4.78, 5) is 7.04. The van der Waals surface area contributed by atoms with Crippen molar-refractivity contribution in [2.24, 2.45) is 5.92 Å². The fraction of sp³-hybridized carbons (Fsp3) is 0.688. The van der Waals surface area contributed by atoms with Gasteiger partial charge in [-0.1, -0.05) is 20.8 Å². The third-order valence-electron chi connectivity index (χ3n) is 3.51. The van der Waals surface area contributed by atoms with Gasteiger partial charge in [-0.25, -0.2) is 4.98 Å². The molecule has 0 aliphatic rings. The minimum Gasteiger partial charge on any atom is -0.354 e. The lowest BCUT2D eigenvalue weighted by Gasteiger charge is -2.30. The van der Waals surface area contributed by atoms with Gasteiger partial charge in [0, 0.05) is 35.4 Å². The second-order valence-corrected chi connectivity index (χ2v) is 6.62. The lowest BCUT2D eigenvalue weighted by molar-refractivity contribution is 0.549. The van der Waals surface area contributed by atoms with Crippen molar-refractivity contribution in [1.82, 2.24) is 10.3 Å². The van der Waals surface area contributed by atoms with E-state index in [1.807, 2.05) is 6.20 Å². The fourth-order valence-corrected chi connectivity index (χ4v) is 2.63. The molecule has 0 spiro atoms. The van der Waals surface area contributed by atoms with Crippen molar-refractivity contribution in [3.05, 3.63) is 22.3 Å². The molecule has 1 N–H and O–H groups in total. The van der Waals surface area contributed by atoms with E-state index in [4.69, 9.17) is 0 Å². The molecule has 114 valence electrons. The van der Waals surface area contributed by atoms with Crippen LogP contribution in [0.3, 0.4) is 0 Å². The van der Waals surface area contributed by atoms with Crippen LogP contribution in [-0.4, -0.2) is 24.1 Å². The van der Waals surface area contributed by atoms with E-state index in [-0.39, 0.29) is 0 Å². The molecule has 1 unspecified atom stereocenters. The maximum atomic E-state index is 4.66. The molecule has 0 aliphatic carbocycles. The first-order chi connectivity index (χ1) is 9.49. The SMILES string of the molecule is CCC(C)N(CC)c1ncc(Br)cc1CNCC(C)C. The Balaban J connectivity index is 2.93. The molecular weight excluding hydrogens is 314 g/mol. The monoisotopic (exact) mass is 341 g/mol. The molecule has 1 rings (SSSR count). The first-order valence-electron chi connectivity index (χ1n) is 7.61. The van der Waals surface area contributed by atoms with Crippen molar-refractivity contribution in [3.63, 3.8) is 0 Å². The van der Waals surface area contributed by atoms with Crippen LogP contribution in [-0.2, 0) is 6.54 Å². The van der Waals surface area contributed by atoms with Gasteiger partial charge in [-0.05, 0) is 54.7 Å². The van der Waals surface area contributed by atoms with Gasteiger partial charge in [0.05, 0.1) is 0 Å². The smallest absolute Gasteiger partial charge is 0.133 e. The third-order valence-corrected chi connectivity index (χ3v) is 3.95. The molecule has 3 nitrogen and oxygen atoms in total. The molecule has 4 heteroatoms. The molecule has 0 saturated heterocycles. The zero-order valence-electron chi connectivity index (χ0n) is 13.4. The van der Waals surface area contributed by atoms with Crippen molar-refractivity contribution >= 4 is 21.7 Å². The summed E-state index contributed by atoms with van der Waals surface area (Å²) < 4.78 is 1.04. The number of hydrogen-bond donors (Lipinski definition) is 1. The Morgan fingerprint density at radius 2 is 2.00 bits per heavy atom. The Labute approximate surface area is 132 Å². The number of rotatable bonds is 8. The van der Waals surface area contributed by atoms with Gasteiger partial charge in [-0.3, -0.25) is 0 Å². The average Bonchev–Trinajstić information content (AvgIpc) is 2.41. The molecule has 0 bridgehead atoms. The number of halogens is 1. The summed E-state index contributed by atoms with van der Waals surface area (Å²) in [6.45, 7) is 14.0. The van der Waals surface area contributed by atoms with Crippen LogP contribution in [0.1, 0.15) is 46.6 Å². The number of anilines is 1. The van der Waals surface area contributed by atoms with Crippen molar-refractivity contribution in [1.29, 1.82) is 0 Å². The summed E-state index contributed by atoms with van der Waals surface area (Å²) in [6.07, 6.45) is 3.02. The zero-order chi connectivity index (χ0) is 15.1. The van der Waals surface area contributed by atoms with Crippen LogP contribution < -0.4 is 10.2 Å². The van der Waals surface area contributed by atoms with Gasteiger partial charge >= 0.3 is 0 Å². The van der Waals surface area contributed by atoms with Crippen molar-refractivity contribution < 1.29 is 0 Å². The zero-order valence-corrected chi connectivity index (χ0v) is 15.0. The van der Waals surface area contributed by atoms with E-state index in [1.165, 1.54) is 5.56 Å². The molecule has 0 amide bonds. The van der Waals surface area contributed by atoms with Crippen LogP contribution >= 0.6 is 15.9 Å². The van der Waals surface area contributed by atoms with Crippen molar-refractivity contribution in [2.45, 2.75) is 53.6 Å². The molecule has 0 saturated carbocycles. The minimum absolute atomic E-state index is 0.512. The highest BCUT2D eigenvalue weighted by molar-refractivity contribution is 9.10. The molecule has 0 radical (unpaired) electrons. The van der Waals surface area contributed by atoms with Gasteiger partial charge in [-0.15, -0.1) is 0 Å².